The SMILES string of the molecule is N#CC1=C(N)n2nc(N)c(Cc3ccc4c(c3)OCO4)c2NC1c1ccc(Cl)cc1. The van der Waals surface area contributed by atoms with Crippen LogP contribution in [0.1, 0.15) is 22.7 Å². The molecule has 0 amide bonds. The average molecular weight is 421 g/mol. The van der Waals surface area contributed by atoms with Crippen molar-refractivity contribution in [2.24, 2.45) is 5.73 Å². The van der Waals surface area contributed by atoms with E-state index in [1.807, 2.05) is 30.3 Å². The molecular formula is C21H17ClN6O2. The molecule has 0 radical (unpaired) electrons. The highest BCUT2D eigenvalue weighted by Gasteiger charge is 2.31. The Morgan fingerprint density at radius 1 is 1.17 bits per heavy atom. The number of halogens is 1. The molecule has 0 saturated heterocycles. The molecule has 3 heterocycles. The number of fused-ring (bicyclic) bond motifs is 2. The van der Waals surface area contributed by atoms with Gasteiger partial charge in [-0.15, -0.1) is 5.10 Å². The van der Waals surface area contributed by atoms with Gasteiger partial charge in [0.05, 0.1) is 11.6 Å². The number of rotatable bonds is 3. The second-order valence-electron chi connectivity index (χ2n) is 7.03. The summed E-state index contributed by atoms with van der Waals surface area (Å²) in [6.07, 6.45) is 0.507. The van der Waals surface area contributed by atoms with Gasteiger partial charge in [0.25, 0.3) is 0 Å². The van der Waals surface area contributed by atoms with E-state index in [0.717, 1.165) is 22.4 Å². The molecule has 30 heavy (non-hydrogen) atoms. The predicted octanol–water partition coefficient (Wildman–Crippen LogP) is 3.26. The number of nitrogens with two attached hydrogens (primary N) is 2. The first-order valence-electron chi connectivity index (χ1n) is 9.23. The van der Waals surface area contributed by atoms with Crippen molar-refractivity contribution >= 4 is 29.1 Å². The number of nitrogens with one attached hydrogen (secondary N) is 1. The van der Waals surface area contributed by atoms with E-state index in [1.165, 1.54) is 4.68 Å². The summed E-state index contributed by atoms with van der Waals surface area (Å²) in [5.74, 6) is 2.66. The lowest BCUT2D eigenvalue weighted by Gasteiger charge is -2.27. The van der Waals surface area contributed by atoms with Crippen molar-refractivity contribution in [3.05, 3.63) is 69.8 Å². The Labute approximate surface area is 177 Å². The quantitative estimate of drug-likeness (QED) is 0.594. The number of hydrogen-bond donors (Lipinski definition) is 3. The molecule has 0 bridgehead atoms. The number of nitriles is 1. The molecule has 8 nitrogen and oxygen atoms in total. The van der Waals surface area contributed by atoms with Crippen LogP contribution < -0.4 is 26.3 Å². The molecule has 1 aromatic heterocycles. The monoisotopic (exact) mass is 420 g/mol. The van der Waals surface area contributed by atoms with Gasteiger partial charge in [0.2, 0.25) is 6.79 Å². The molecule has 0 saturated carbocycles. The van der Waals surface area contributed by atoms with Crippen LogP contribution in [-0.4, -0.2) is 16.6 Å². The fourth-order valence-electron chi connectivity index (χ4n) is 3.72. The van der Waals surface area contributed by atoms with Crippen LogP contribution >= 0.6 is 11.6 Å². The Kier molecular flexibility index (Phi) is 4.19. The van der Waals surface area contributed by atoms with Gasteiger partial charge in [-0.1, -0.05) is 29.8 Å². The van der Waals surface area contributed by atoms with Crippen molar-refractivity contribution in [1.29, 1.82) is 5.26 Å². The van der Waals surface area contributed by atoms with Crippen LogP contribution in [0.25, 0.3) is 5.82 Å². The molecule has 1 unspecified atom stereocenters. The van der Waals surface area contributed by atoms with Gasteiger partial charge >= 0.3 is 0 Å². The van der Waals surface area contributed by atoms with E-state index in [4.69, 9.17) is 32.5 Å². The number of aromatic nitrogens is 2. The summed E-state index contributed by atoms with van der Waals surface area (Å²) in [4.78, 5) is 0. The van der Waals surface area contributed by atoms with E-state index in [1.54, 1.807) is 12.1 Å². The third-order valence-corrected chi connectivity index (χ3v) is 5.48. The molecular weight excluding hydrogens is 404 g/mol. The minimum absolute atomic E-state index is 0.215. The molecule has 150 valence electrons. The molecule has 1 atom stereocenters. The van der Waals surface area contributed by atoms with Gasteiger partial charge in [-0.3, -0.25) is 0 Å². The molecule has 5 rings (SSSR count). The smallest absolute Gasteiger partial charge is 0.231 e. The number of nitrogen functional groups attached to an aromatic ring is 1. The fourth-order valence-corrected chi connectivity index (χ4v) is 3.84. The van der Waals surface area contributed by atoms with Crippen molar-refractivity contribution < 1.29 is 9.47 Å². The highest BCUT2D eigenvalue weighted by molar-refractivity contribution is 6.30. The first kappa shape index (κ1) is 18.2. The van der Waals surface area contributed by atoms with Crippen molar-refractivity contribution in [3.63, 3.8) is 0 Å². The van der Waals surface area contributed by atoms with Crippen LogP contribution in [0.2, 0.25) is 5.02 Å². The molecule has 2 aliphatic heterocycles. The maximum absolute atomic E-state index is 9.72. The molecule has 3 aromatic rings. The minimum Gasteiger partial charge on any atom is -0.454 e. The lowest BCUT2D eigenvalue weighted by Crippen LogP contribution is -2.27. The molecule has 0 aliphatic carbocycles. The van der Waals surface area contributed by atoms with E-state index in [0.29, 0.717) is 34.4 Å². The maximum Gasteiger partial charge on any atom is 0.231 e. The van der Waals surface area contributed by atoms with E-state index in [2.05, 4.69) is 16.5 Å². The minimum atomic E-state index is -0.439. The van der Waals surface area contributed by atoms with Crippen LogP contribution in [0.3, 0.4) is 0 Å². The summed E-state index contributed by atoms with van der Waals surface area (Å²) in [6, 6.07) is 14.8. The zero-order valence-electron chi connectivity index (χ0n) is 15.7. The van der Waals surface area contributed by atoms with Gasteiger partial charge in [-0.2, -0.15) is 9.94 Å². The van der Waals surface area contributed by atoms with Gasteiger partial charge in [0.1, 0.15) is 17.7 Å². The van der Waals surface area contributed by atoms with Crippen LogP contribution in [0.15, 0.2) is 48.0 Å². The molecule has 2 aliphatic rings. The zero-order valence-corrected chi connectivity index (χ0v) is 16.5. The largest absolute Gasteiger partial charge is 0.454 e. The number of benzene rings is 2. The van der Waals surface area contributed by atoms with Crippen molar-refractivity contribution in [1.82, 2.24) is 9.78 Å². The molecule has 5 N–H and O–H groups in total. The van der Waals surface area contributed by atoms with Gasteiger partial charge in [-0.05, 0) is 35.4 Å². The number of hydrogen-bond acceptors (Lipinski definition) is 7. The van der Waals surface area contributed by atoms with Gasteiger partial charge < -0.3 is 26.3 Å². The lowest BCUT2D eigenvalue weighted by molar-refractivity contribution is 0.174. The Morgan fingerprint density at radius 2 is 1.93 bits per heavy atom. The Balaban J connectivity index is 1.56. The summed E-state index contributed by atoms with van der Waals surface area (Å²) < 4.78 is 12.3. The average Bonchev–Trinajstić information content (AvgIpc) is 3.33. The second kappa shape index (κ2) is 6.90. The van der Waals surface area contributed by atoms with Crippen LogP contribution in [-0.2, 0) is 6.42 Å². The summed E-state index contributed by atoms with van der Waals surface area (Å²) in [5, 5.41) is 18.1. The first-order chi connectivity index (χ1) is 14.5. The maximum atomic E-state index is 9.72. The first-order valence-corrected chi connectivity index (χ1v) is 9.61. The van der Waals surface area contributed by atoms with Gasteiger partial charge in [-0.25, -0.2) is 0 Å². The highest BCUT2D eigenvalue weighted by atomic mass is 35.5. The Bertz CT molecular complexity index is 1230. The molecule has 9 heteroatoms. The fraction of sp³-hybridized carbons (Fsp3) is 0.143. The summed E-state index contributed by atoms with van der Waals surface area (Å²) in [5.41, 5.74) is 15.5. The van der Waals surface area contributed by atoms with Crippen molar-refractivity contribution in [3.8, 4) is 17.6 Å². The molecule has 2 aromatic carbocycles. The van der Waals surface area contributed by atoms with Crippen molar-refractivity contribution in [2.45, 2.75) is 12.5 Å². The molecule has 0 fully saturated rings. The number of ether oxygens (including phenoxy) is 2. The summed E-state index contributed by atoms with van der Waals surface area (Å²) in [7, 11) is 0. The Hall–Kier alpha value is -3.83. The number of nitrogens with zero attached hydrogens (tertiary/aromatic N) is 3. The van der Waals surface area contributed by atoms with E-state index in [9.17, 15) is 5.26 Å². The third kappa shape index (κ3) is 2.88. The van der Waals surface area contributed by atoms with E-state index < -0.39 is 6.04 Å². The standard InChI is InChI=1S/C21H17ClN6O2/c22-13-4-2-12(3-5-13)18-15(9-23)20(25)28-21(26-18)14(19(24)27-28)7-11-1-6-16-17(8-11)30-10-29-16/h1-6,8,18,26H,7,10,25H2,(H2,24,27). The second-order valence-corrected chi connectivity index (χ2v) is 7.46. The zero-order chi connectivity index (χ0) is 20.8. The van der Waals surface area contributed by atoms with E-state index >= 15 is 0 Å². The third-order valence-electron chi connectivity index (χ3n) is 5.23. The van der Waals surface area contributed by atoms with Crippen molar-refractivity contribution in [2.75, 3.05) is 17.8 Å². The normalized spacial score (nSPS) is 16.7. The van der Waals surface area contributed by atoms with Gasteiger partial charge in [0.15, 0.2) is 17.3 Å². The summed E-state index contributed by atoms with van der Waals surface area (Å²) >= 11 is 6.02. The topological polar surface area (TPSA) is 124 Å². The van der Waals surface area contributed by atoms with E-state index in [-0.39, 0.29) is 12.6 Å². The van der Waals surface area contributed by atoms with Crippen LogP contribution in [0.5, 0.6) is 11.5 Å². The highest BCUT2D eigenvalue weighted by Crippen LogP contribution is 2.39. The Morgan fingerprint density at radius 3 is 2.70 bits per heavy atom. The van der Waals surface area contributed by atoms with Crippen LogP contribution in [0.4, 0.5) is 11.6 Å². The molecule has 0 spiro atoms. The lowest BCUT2D eigenvalue weighted by atomic mass is 9.97. The van der Waals surface area contributed by atoms with Crippen LogP contribution in [0, 0.1) is 11.3 Å². The predicted molar refractivity (Wildman–Crippen MR) is 113 cm³/mol. The summed E-state index contributed by atoms with van der Waals surface area (Å²) in [6.45, 7) is 0.215. The number of anilines is 2. The van der Waals surface area contributed by atoms with Gasteiger partial charge in [0, 0.05) is 17.0 Å².